The molecule has 1 aliphatic heterocycles. The van der Waals surface area contributed by atoms with Crippen LogP contribution in [0.4, 0.5) is 5.82 Å². The predicted octanol–water partition coefficient (Wildman–Crippen LogP) is 2.91. The normalized spacial score (nSPS) is 15.4. The first-order valence-corrected chi connectivity index (χ1v) is 9.44. The molecular weight excluding hydrogens is 320 g/mol. The summed E-state index contributed by atoms with van der Waals surface area (Å²) in [5.41, 5.74) is 0.929. The van der Waals surface area contributed by atoms with Crippen LogP contribution in [0.1, 0.15) is 29.8 Å². The zero-order valence-corrected chi connectivity index (χ0v) is 15.0. The number of rotatable bonds is 5. The van der Waals surface area contributed by atoms with Gasteiger partial charge in [-0.15, -0.1) is 11.3 Å². The van der Waals surface area contributed by atoms with Crippen molar-refractivity contribution >= 4 is 23.1 Å². The topological polar surface area (TPSA) is 49.3 Å². The Morgan fingerprint density at radius 1 is 1.25 bits per heavy atom. The second kappa shape index (κ2) is 8.24. The van der Waals surface area contributed by atoms with E-state index in [1.54, 1.807) is 17.5 Å². The predicted molar refractivity (Wildman–Crippen MR) is 97.4 cm³/mol. The van der Waals surface area contributed by atoms with Crippen molar-refractivity contribution in [3.8, 4) is 0 Å². The summed E-state index contributed by atoms with van der Waals surface area (Å²) >= 11 is 1.77. The lowest BCUT2D eigenvalue weighted by Gasteiger charge is -2.22. The summed E-state index contributed by atoms with van der Waals surface area (Å²) in [6, 6.07) is 4.21. The molecule has 5 nitrogen and oxygen atoms in total. The zero-order valence-electron chi connectivity index (χ0n) is 14.1. The van der Waals surface area contributed by atoms with E-state index in [2.05, 4.69) is 32.4 Å². The number of thiophene rings is 1. The van der Waals surface area contributed by atoms with Crippen molar-refractivity contribution in [2.45, 2.75) is 32.6 Å². The molecule has 24 heavy (non-hydrogen) atoms. The minimum atomic E-state index is 0.281. The molecule has 3 rings (SSSR count). The van der Waals surface area contributed by atoms with Gasteiger partial charge in [0.1, 0.15) is 5.82 Å². The van der Waals surface area contributed by atoms with Crippen LogP contribution in [0.15, 0.2) is 29.9 Å². The smallest absolute Gasteiger partial charge is 0.222 e. The van der Waals surface area contributed by atoms with Gasteiger partial charge in [-0.25, -0.2) is 4.98 Å². The highest BCUT2D eigenvalue weighted by Crippen LogP contribution is 2.15. The minimum absolute atomic E-state index is 0.281. The van der Waals surface area contributed by atoms with Crippen LogP contribution >= 0.6 is 11.3 Å². The first kappa shape index (κ1) is 16.9. The van der Waals surface area contributed by atoms with Gasteiger partial charge in [0.05, 0.1) is 11.9 Å². The number of amides is 1. The summed E-state index contributed by atoms with van der Waals surface area (Å²) in [7, 11) is 0. The van der Waals surface area contributed by atoms with Crippen LogP contribution < -0.4 is 4.90 Å². The molecule has 1 fully saturated rings. The second-order valence-corrected chi connectivity index (χ2v) is 7.21. The maximum absolute atomic E-state index is 12.5. The van der Waals surface area contributed by atoms with Gasteiger partial charge >= 0.3 is 0 Å². The Kier molecular flexibility index (Phi) is 5.80. The van der Waals surface area contributed by atoms with Gasteiger partial charge in [0.15, 0.2) is 0 Å². The van der Waals surface area contributed by atoms with Crippen molar-refractivity contribution in [2.24, 2.45) is 0 Å². The molecular formula is C18H24N4OS. The molecule has 2 aromatic heterocycles. The standard InChI is InChI=1S/C18H24N4OS/c1-15-13-19-14-17(20-15)21-8-4-9-22(11-10-21)18(23)7-2-5-16-6-3-12-24-16/h3,6,12-14H,2,4-5,7-11H2,1H3. The Morgan fingerprint density at radius 3 is 2.96 bits per heavy atom. The molecule has 0 unspecified atom stereocenters. The Labute approximate surface area is 147 Å². The molecule has 6 heteroatoms. The van der Waals surface area contributed by atoms with Crippen LogP contribution in [0.5, 0.6) is 0 Å². The molecule has 128 valence electrons. The average molecular weight is 344 g/mol. The van der Waals surface area contributed by atoms with Crippen LogP contribution in [-0.4, -0.2) is 47.0 Å². The second-order valence-electron chi connectivity index (χ2n) is 6.17. The molecule has 1 saturated heterocycles. The molecule has 0 bridgehead atoms. The number of hydrogen-bond donors (Lipinski definition) is 0. The third-order valence-electron chi connectivity index (χ3n) is 4.31. The number of aromatic nitrogens is 2. The molecule has 0 N–H and O–H groups in total. The summed E-state index contributed by atoms with van der Waals surface area (Å²) in [6.45, 7) is 5.32. The third kappa shape index (κ3) is 4.54. The molecule has 0 atom stereocenters. The SMILES string of the molecule is Cc1cncc(N2CCCN(C(=O)CCCc3cccs3)CC2)n1. The van der Waals surface area contributed by atoms with Gasteiger partial charge in [0.2, 0.25) is 5.91 Å². The van der Waals surface area contributed by atoms with E-state index in [1.165, 1.54) is 4.88 Å². The number of anilines is 1. The maximum atomic E-state index is 12.5. The van der Waals surface area contributed by atoms with Gasteiger partial charge in [0, 0.05) is 43.7 Å². The lowest BCUT2D eigenvalue weighted by atomic mass is 10.2. The molecule has 0 spiro atoms. The van der Waals surface area contributed by atoms with Gasteiger partial charge in [-0.1, -0.05) is 6.07 Å². The maximum Gasteiger partial charge on any atom is 0.222 e. The molecule has 0 aliphatic carbocycles. The van der Waals surface area contributed by atoms with Crippen molar-refractivity contribution in [1.82, 2.24) is 14.9 Å². The Balaban J connectivity index is 1.48. The molecule has 0 saturated carbocycles. The molecule has 0 aromatic carbocycles. The quantitative estimate of drug-likeness (QED) is 0.837. The molecule has 0 radical (unpaired) electrons. The van der Waals surface area contributed by atoms with E-state index in [0.29, 0.717) is 6.42 Å². The van der Waals surface area contributed by atoms with Gasteiger partial charge in [-0.05, 0) is 37.6 Å². The first-order valence-electron chi connectivity index (χ1n) is 8.56. The number of carbonyl (C=O) groups excluding carboxylic acids is 1. The van der Waals surface area contributed by atoms with Gasteiger partial charge in [-0.3, -0.25) is 9.78 Å². The van der Waals surface area contributed by atoms with E-state index in [1.807, 2.05) is 18.0 Å². The molecule has 2 aromatic rings. The number of nitrogens with zero attached hydrogens (tertiary/aromatic N) is 4. The van der Waals surface area contributed by atoms with Crippen molar-refractivity contribution in [1.29, 1.82) is 0 Å². The highest BCUT2D eigenvalue weighted by Gasteiger charge is 2.19. The summed E-state index contributed by atoms with van der Waals surface area (Å²) in [6.07, 6.45) is 7.13. The summed E-state index contributed by atoms with van der Waals surface area (Å²) in [4.78, 5) is 26.8. The van der Waals surface area contributed by atoms with Crippen molar-refractivity contribution in [2.75, 3.05) is 31.1 Å². The zero-order chi connectivity index (χ0) is 16.8. The number of aryl methyl sites for hydroxylation is 2. The first-order chi connectivity index (χ1) is 11.7. The minimum Gasteiger partial charge on any atom is -0.353 e. The molecule has 1 amide bonds. The van der Waals surface area contributed by atoms with Crippen molar-refractivity contribution in [3.05, 3.63) is 40.5 Å². The Morgan fingerprint density at radius 2 is 2.17 bits per heavy atom. The van der Waals surface area contributed by atoms with Crippen LogP contribution in [0.3, 0.4) is 0 Å². The highest BCUT2D eigenvalue weighted by atomic mass is 32.1. The van der Waals surface area contributed by atoms with E-state index in [9.17, 15) is 4.79 Å². The van der Waals surface area contributed by atoms with Crippen molar-refractivity contribution < 1.29 is 4.79 Å². The fourth-order valence-electron chi connectivity index (χ4n) is 3.03. The summed E-state index contributed by atoms with van der Waals surface area (Å²) < 4.78 is 0. The Hall–Kier alpha value is -1.95. The summed E-state index contributed by atoms with van der Waals surface area (Å²) in [5.74, 6) is 1.20. The van der Waals surface area contributed by atoms with Crippen LogP contribution in [0, 0.1) is 6.92 Å². The monoisotopic (exact) mass is 344 g/mol. The van der Waals surface area contributed by atoms with Crippen LogP contribution in [-0.2, 0) is 11.2 Å². The Bertz CT molecular complexity index is 659. The number of carbonyl (C=O) groups is 1. The fraction of sp³-hybridized carbons (Fsp3) is 0.500. The lowest BCUT2D eigenvalue weighted by Crippen LogP contribution is -2.35. The van der Waals surface area contributed by atoms with Crippen molar-refractivity contribution in [3.63, 3.8) is 0 Å². The van der Waals surface area contributed by atoms with Crippen LogP contribution in [0.2, 0.25) is 0 Å². The molecule has 3 heterocycles. The van der Waals surface area contributed by atoms with Gasteiger partial charge < -0.3 is 9.80 Å². The van der Waals surface area contributed by atoms with E-state index in [0.717, 1.165) is 57.0 Å². The van der Waals surface area contributed by atoms with Crippen LogP contribution in [0.25, 0.3) is 0 Å². The van der Waals surface area contributed by atoms with Gasteiger partial charge in [0.25, 0.3) is 0 Å². The summed E-state index contributed by atoms with van der Waals surface area (Å²) in [5, 5.41) is 2.09. The largest absolute Gasteiger partial charge is 0.353 e. The van der Waals surface area contributed by atoms with E-state index < -0.39 is 0 Å². The van der Waals surface area contributed by atoms with E-state index in [4.69, 9.17) is 0 Å². The molecule has 1 aliphatic rings. The third-order valence-corrected chi connectivity index (χ3v) is 5.24. The lowest BCUT2D eigenvalue weighted by molar-refractivity contribution is -0.131. The van der Waals surface area contributed by atoms with Gasteiger partial charge in [-0.2, -0.15) is 0 Å². The number of hydrogen-bond acceptors (Lipinski definition) is 5. The fourth-order valence-corrected chi connectivity index (χ4v) is 3.78. The van der Waals surface area contributed by atoms with E-state index in [-0.39, 0.29) is 5.91 Å². The average Bonchev–Trinajstić information content (AvgIpc) is 2.97. The van der Waals surface area contributed by atoms with E-state index >= 15 is 0 Å². The highest BCUT2D eigenvalue weighted by molar-refractivity contribution is 7.09.